The van der Waals surface area contributed by atoms with Crippen LogP contribution < -0.4 is 105 Å². The molecule has 4 aliphatic rings. The standard InChI is InChI=1S/C23H16O11.C22H27F3O4S.C21H24N2O4.2Na/c24-11(9-31-14-3-1-5-16-20(14)12(25)7-18(33-16)22(27)28)10-32-15-4-2-6-17-21(15)13(26)8-19(34-17)23(29)30;1-11-6-13-14-8-16(24)15-7-12(26)4-5-19(15,2)21(14,25)17(27)9-20(13,3)22(11,29)18(28)30-10-23;1-13(11-14-3-5-15(27-2)6-4-14)22-12-19(25)16-7-9-18(24)21-17(16)8-10-20(26)23-21;;/h1-8,11,24H,9-10H2,(H,27,28)(H,29,30);4-5,7,11,13-14,16-17,27,29H,6,8-10H2,1-3H3;3-10,13,19,22,24-25H,11-12H2,1-2H3,(H,23,26);;/q;;;2*+1/p-2/t;11-,13+,14+,16+,17+,19+,20+,21+,22+;13-,19+;;/m.11../s1. The van der Waals surface area contributed by atoms with E-state index in [2.05, 4.69) is 17.2 Å². The van der Waals surface area contributed by atoms with Gasteiger partial charge in [0.15, 0.2) is 33.8 Å². The van der Waals surface area contributed by atoms with Crippen molar-refractivity contribution in [1.82, 2.24) is 10.3 Å². The van der Waals surface area contributed by atoms with Crippen molar-refractivity contribution < 1.29 is 150 Å². The fourth-order valence-corrected chi connectivity index (χ4v) is 14.3. The maximum atomic E-state index is 16.9. The molecule has 0 saturated heterocycles. The summed E-state index contributed by atoms with van der Waals surface area (Å²) in [7, 11) is 1.64. The number of phenols is 1. The van der Waals surface area contributed by atoms with E-state index in [-0.39, 0.29) is 148 Å². The number of halogens is 3. The Morgan fingerprint density at radius 2 is 1.42 bits per heavy atom. The van der Waals surface area contributed by atoms with Crippen LogP contribution in [0, 0.1) is 28.6 Å². The number of H-pyrrole nitrogens is 1. The summed E-state index contributed by atoms with van der Waals surface area (Å²) in [6.07, 6.45) is -0.854. The van der Waals surface area contributed by atoms with Crippen LogP contribution in [0.5, 0.6) is 23.0 Å². The van der Waals surface area contributed by atoms with Gasteiger partial charge in [-0.25, -0.2) is 13.2 Å². The summed E-state index contributed by atoms with van der Waals surface area (Å²) in [6.45, 7) is 6.56. The second kappa shape index (κ2) is 30.0. The Morgan fingerprint density at radius 1 is 0.839 bits per heavy atom. The number of hydrogen-bond donors (Lipinski definition) is 7. The number of phenolic OH excluding ortho intramolecular Hbond substituents is 1. The monoisotopic (exact) mass is 1320 g/mol. The fourth-order valence-electron chi connectivity index (χ4n) is 13.5. The van der Waals surface area contributed by atoms with Gasteiger partial charge in [-0.2, -0.15) is 0 Å². The van der Waals surface area contributed by atoms with Gasteiger partial charge in [0.05, 0.1) is 24.8 Å². The van der Waals surface area contributed by atoms with E-state index in [1.54, 1.807) is 33.1 Å². The number of aromatic carboxylic acids is 2. The number of alkyl halides is 3. The van der Waals surface area contributed by atoms with Crippen LogP contribution >= 0.6 is 11.8 Å². The number of aliphatic hydroxyl groups is 4. The molecule has 93 heavy (non-hydrogen) atoms. The number of fused-ring (bicyclic) bond motifs is 8. The number of methoxy groups -OCH3 is 1. The zero-order valence-corrected chi connectivity index (χ0v) is 56.6. The van der Waals surface area contributed by atoms with Crippen LogP contribution in [-0.2, 0) is 16.0 Å². The van der Waals surface area contributed by atoms with Gasteiger partial charge in [0, 0.05) is 52.9 Å². The summed E-state index contributed by atoms with van der Waals surface area (Å²) < 4.78 is 71.5. The average molecular weight is 1330 g/mol. The molecule has 0 radical (unpaired) electrons. The Hall–Kier alpha value is -6.59. The number of carboxylic acids is 2. The van der Waals surface area contributed by atoms with E-state index in [9.17, 15) is 73.7 Å². The summed E-state index contributed by atoms with van der Waals surface area (Å²) in [5, 5.41) is 78.5. The molecular weight excluding hydrogens is 1260 g/mol. The number of thioether (sulfide) groups is 1. The molecule has 482 valence electrons. The Kier molecular flexibility index (Phi) is 23.8. The molecule has 4 aromatic carbocycles. The molecule has 0 amide bonds. The molecule has 11 atom stereocenters. The predicted octanol–water partition coefficient (Wildman–Crippen LogP) is -0.581. The van der Waals surface area contributed by atoms with Crippen LogP contribution in [0.4, 0.5) is 13.2 Å². The normalized spacial score (nSPS) is 24.8. The molecule has 3 heterocycles. The zero-order valence-electron chi connectivity index (χ0n) is 51.7. The van der Waals surface area contributed by atoms with Crippen molar-refractivity contribution in [2.45, 2.75) is 95.2 Å². The van der Waals surface area contributed by atoms with E-state index >= 15 is 8.78 Å². The molecule has 0 bridgehead atoms. The van der Waals surface area contributed by atoms with Crippen molar-refractivity contribution >= 4 is 67.4 Å². The van der Waals surface area contributed by atoms with Gasteiger partial charge in [-0.1, -0.05) is 62.0 Å². The molecule has 3 aromatic heterocycles. The summed E-state index contributed by atoms with van der Waals surface area (Å²) in [5.74, 6) is -6.20. The number of ketones is 1. The first-order chi connectivity index (χ1) is 43.1. The van der Waals surface area contributed by atoms with Gasteiger partial charge in [-0.3, -0.25) is 24.0 Å². The molecule has 4 aliphatic carbocycles. The number of hydrogen-bond acceptors (Lipinski definition) is 21. The number of carboxylic acid groups (broad SMARTS) is 2. The Labute approximate surface area is 577 Å². The topological polar surface area (TPSA) is 349 Å². The number of pyridine rings is 1. The second-order valence-corrected chi connectivity index (χ2v) is 24.4. The number of allylic oxidation sites excluding steroid dienone is 4. The van der Waals surface area contributed by atoms with Crippen molar-refractivity contribution in [2.24, 2.45) is 28.6 Å². The van der Waals surface area contributed by atoms with Gasteiger partial charge in [0.1, 0.15) is 94.0 Å². The van der Waals surface area contributed by atoms with Gasteiger partial charge in [0.25, 0.3) is 0 Å². The maximum absolute atomic E-state index is 16.9. The van der Waals surface area contributed by atoms with Crippen LogP contribution in [0.1, 0.15) is 85.3 Å². The number of aromatic nitrogens is 1. The van der Waals surface area contributed by atoms with Crippen molar-refractivity contribution in [3.05, 3.63) is 174 Å². The number of carbonyl (C=O) groups is 4. The average Bonchev–Trinajstić information content (AvgIpc) is 1.63. The number of carbonyl (C=O) groups excluding carboxylic acids is 4. The van der Waals surface area contributed by atoms with E-state index in [1.165, 1.54) is 73.2 Å². The van der Waals surface area contributed by atoms with Crippen molar-refractivity contribution in [3.8, 4) is 23.0 Å². The minimum absolute atomic E-state index is 0. The third-order valence-electron chi connectivity index (χ3n) is 18.0. The molecular formula is C66H65F3N2Na2O19S. The number of aromatic hydroxyl groups is 1. The molecule has 7 aromatic rings. The summed E-state index contributed by atoms with van der Waals surface area (Å²) in [5.41, 5.74) is -6.43. The minimum atomic E-state index is -2.26. The molecule has 3 fully saturated rings. The van der Waals surface area contributed by atoms with Gasteiger partial charge in [-0.15, -0.1) is 0 Å². The SMILES string of the molecule is COc1ccc(C[C@@H](C)NC[C@H](O)c2ccc(O)c3[nH]c(=O)ccc23)cc1.C[C@@H]1C[C@H]2[C@@H]3C[C@H](F)C4=CC(=O)C=C[C@]4(C)[C@@]3(F)[C@@H](O)C[C@]2(C)[C@@]1(O)C(=O)SCF.O=C([O-])c1cc(=O)c2c(OCC(O)COc3cccc4oc(C(=O)[O-])cc(=O)c34)cccc2o1.[Na+].[Na+]. The molecule has 3 saturated carbocycles. The first kappa shape index (κ1) is 73.8. The number of benzene rings is 4. The van der Waals surface area contributed by atoms with E-state index in [0.717, 1.165) is 30.4 Å². The van der Waals surface area contributed by atoms with Crippen LogP contribution in [-0.4, -0.2) is 122 Å². The van der Waals surface area contributed by atoms with Gasteiger partial charge >= 0.3 is 59.1 Å². The summed E-state index contributed by atoms with van der Waals surface area (Å²) in [6, 6.07) is 23.4. The van der Waals surface area contributed by atoms with E-state index in [4.69, 9.17) is 23.0 Å². The first-order valence-corrected chi connectivity index (χ1v) is 29.9. The number of aromatic amines is 1. The Bertz CT molecular complexity index is 4090. The Morgan fingerprint density at radius 3 is 1.97 bits per heavy atom. The van der Waals surface area contributed by atoms with Gasteiger partial charge < -0.3 is 78.7 Å². The quantitative estimate of drug-likeness (QED) is 0.0561. The molecule has 7 N–H and O–H groups in total. The van der Waals surface area contributed by atoms with Gasteiger partial charge in [0.2, 0.25) is 10.7 Å². The predicted molar refractivity (Wildman–Crippen MR) is 323 cm³/mol. The molecule has 0 spiro atoms. The van der Waals surface area contributed by atoms with Crippen molar-refractivity contribution in [2.75, 3.05) is 32.9 Å². The number of ether oxygens (including phenoxy) is 3. The fraction of sp³-hybridized carbons (Fsp3) is 0.379. The third kappa shape index (κ3) is 14.5. The molecule has 27 heteroatoms. The smallest absolute Gasteiger partial charge is 0.542 e. The van der Waals surface area contributed by atoms with E-state index < -0.39 is 116 Å². The van der Waals surface area contributed by atoms with Crippen molar-refractivity contribution in [3.63, 3.8) is 0 Å². The number of rotatable bonds is 17. The summed E-state index contributed by atoms with van der Waals surface area (Å²) in [4.78, 5) is 85.2. The molecule has 21 nitrogen and oxygen atoms in total. The van der Waals surface area contributed by atoms with Crippen LogP contribution in [0.2, 0.25) is 0 Å². The molecule has 0 unspecified atom stereocenters. The zero-order chi connectivity index (χ0) is 66.1. The number of aliphatic hydroxyl groups excluding tert-OH is 3. The van der Waals surface area contributed by atoms with Crippen LogP contribution in [0.15, 0.2) is 144 Å². The Balaban J connectivity index is 0.000000197. The van der Waals surface area contributed by atoms with Gasteiger partial charge in [-0.05, 0) is 129 Å². The number of nitrogens with one attached hydrogen (secondary N) is 2. The van der Waals surface area contributed by atoms with E-state index in [0.29, 0.717) is 34.8 Å². The molecule has 11 rings (SSSR count). The maximum Gasteiger partial charge on any atom is 1.00 e. The first-order valence-electron chi connectivity index (χ1n) is 28.9. The third-order valence-corrected chi connectivity index (χ3v) is 18.7. The minimum Gasteiger partial charge on any atom is -0.542 e. The van der Waals surface area contributed by atoms with Crippen LogP contribution in [0.25, 0.3) is 32.8 Å². The van der Waals surface area contributed by atoms with Crippen LogP contribution in [0.3, 0.4) is 0 Å². The second-order valence-electron chi connectivity index (χ2n) is 23.5. The largest absolute Gasteiger partial charge is 1.00 e. The molecule has 0 aliphatic heterocycles. The van der Waals surface area contributed by atoms with Crippen molar-refractivity contribution in [1.29, 1.82) is 0 Å². The van der Waals surface area contributed by atoms with E-state index in [1.807, 2.05) is 24.3 Å². The summed E-state index contributed by atoms with van der Waals surface area (Å²) >= 11 is 0.371.